The zero-order chi connectivity index (χ0) is 12.5. The highest BCUT2D eigenvalue weighted by Crippen LogP contribution is 2.38. The van der Waals surface area contributed by atoms with Crippen molar-refractivity contribution in [3.05, 3.63) is 24.3 Å². The number of Topliss-reactive ketones (excluding diaryl/α,β-unsaturated/α-hetero) is 1. The SMILES string of the molecule is CN1OC2CCCC(=O)C2C1CC1C=CC=CC1. The molecule has 1 saturated heterocycles. The Morgan fingerprint density at radius 1 is 1.44 bits per heavy atom. The van der Waals surface area contributed by atoms with Crippen LogP contribution in [0.2, 0.25) is 0 Å². The zero-order valence-electron chi connectivity index (χ0n) is 10.9. The first-order valence-corrected chi connectivity index (χ1v) is 7.01. The Labute approximate surface area is 108 Å². The van der Waals surface area contributed by atoms with Gasteiger partial charge in [-0.1, -0.05) is 24.3 Å². The summed E-state index contributed by atoms with van der Waals surface area (Å²) in [7, 11) is 1.98. The molecule has 2 aliphatic carbocycles. The summed E-state index contributed by atoms with van der Waals surface area (Å²) >= 11 is 0. The van der Waals surface area contributed by atoms with E-state index in [9.17, 15) is 4.79 Å². The molecule has 4 unspecified atom stereocenters. The highest BCUT2D eigenvalue weighted by atomic mass is 16.7. The smallest absolute Gasteiger partial charge is 0.140 e. The Kier molecular flexibility index (Phi) is 3.35. The molecule has 2 fully saturated rings. The lowest BCUT2D eigenvalue weighted by atomic mass is 9.78. The summed E-state index contributed by atoms with van der Waals surface area (Å²) in [6, 6.07) is 0.268. The van der Waals surface area contributed by atoms with Crippen molar-refractivity contribution in [1.82, 2.24) is 5.06 Å². The predicted octanol–water partition coefficient (Wildman–Crippen LogP) is 2.49. The second-order valence-corrected chi connectivity index (χ2v) is 5.69. The van der Waals surface area contributed by atoms with Crippen LogP contribution in [-0.2, 0) is 9.63 Å². The van der Waals surface area contributed by atoms with Crippen molar-refractivity contribution < 1.29 is 9.63 Å². The second kappa shape index (κ2) is 4.98. The Hall–Kier alpha value is -0.930. The van der Waals surface area contributed by atoms with Gasteiger partial charge in [0.2, 0.25) is 0 Å². The van der Waals surface area contributed by atoms with Crippen LogP contribution in [0.4, 0.5) is 0 Å². The number of fused-ring (bicyclic) bond motifs is 1. The van der Waals surface area contributed by atoms with E-state index in [1.165, 1.54) is 0 Å². The molecular weight excluding hydrogens is 226 g/mol. The zero-order valence-corrected chi connectivity index (χ0v) is 10.9. The minimum atomic E-state index is 0.114. The number of ketones is 1. The van der Waals surface area contributed by atoms with Crippen molar-refractivity contribution >= 4 is 5.78 Å². The van der Waals surface area contributed by atoms with Crippen LogP contribution < -0.4 is 0 Å². The first-order valence-electron chi connectivity index (χ1n) is 7.01. The quantitative estimate of drug-likeness (QED) is 0.751. The van der Waals surface area contributed by atoms with Gasteiger partial charge in [0, 0.05) is 19.5 Å². The maximum Gasteiger partial charge on any atom is 0.140 e. The Morgan fingerprint density at radius 3 is 3.11 bits per heavy atom. The summed E-state index contributed by atoms with van der Waals surface area (Å²) in [5, 5.41) is 1.95. The van der Waals surface area contributed by atoms with Gasteiger partial charge in [-0.2, -0.15) is 5.06 Å². The molecule has 0 spiro atoms. The molecule has 0 radical (unpaired) electrons. The van der Waals surface area contributed by atoms with Crippen molar-refractivity contribution in [1.29, 1.82) is 0 Å². The topological polar surface area (TPSA) is 29.5 Å². The molecule has 3 aliphatic rings. The van der Waals surface area contributed by atoms with Crippen molar-refractivity contribution in [2.75, 3.05) is 7.05 Å². The van der Waals surface area contributed by atoms with Crippen molar-refractivity contribution in [2.45, 2.75) is 44.2 Å². The van der Waals surface area contributed by atoms with E-state index in [1.807, 2.05) is 12.1 Å². The first-order chi connectivity index (χ1) is 8.75. The van der Waals surface area contributed by atoms with E-state index < -0.39 is 0 Å². The number of hydrogen-bond acceptors (Lipinski definition) is 3. The van der Waals surface area contributed by atoms with Crippen LogP contribution in [0.15, 0.2) is 24.3 Å². The van der Waals surface area contributed by atoms with Gasteiger partial charge in [0.25, 0.3) is 0 Å². The molecule has 0 bridgehead atoms. The van der Waals surface area contributed by atoms with Crippen LogP contribution in [0, 0.1) is 11.8 Å². The van der Waals surface area contributed by atoms with E-state index in [2.05, 4.69) is 24.3 Å². The Morgan fingerprint density at radius 2 is 2.33 bits per heavy atom. The van der Waals surface area contributed by atoms with E-state index in [0.717, 1.165) is 32.1 Å². The van der Waals surface area contributed by atoms with Crippen LogP contribution in [0.25, 0.3) is 0 Å². The van der Waals surface area contributed by atoms with E-state index in [4.69, 9.17) is 4.84 Å². The first kappa shape index (κ1) is 12.1. The third-order valence-corrected chi connectivity index (χ3v) is 4.48. The normalized spacial score (nSPS) is 40.2. The van der Waals surface area contributed by atoms with Gasteiger partial charge in [0.15, 0.2) is 0 Å². The lowest BCUT2D eigenvalue weighted by molar-refractivity contribution is -0.150. The molecule has 0 N–H and O–H groups in total. The van der Waals surface area contributed by atoms with Gasteiger partial charge in [-0.15, -0.1) is 0 Å². The van der Waals surface area contributed by atoms with Crippen LogP contribution in [0.1, 0.15) is 32.1 Å². The average molecular weight is 247 g/mol. The lowest BCUT2D eigenvalue weighted by Gasteiger charge is -2.27. The minimum absolute atomic E-state index is 0.114. The molecule has 0 aromatic heterocycles. The molecule has 1 saturated carbocycles. The summed E-state index contributed by atoms with van der Waals surface area (Å²) in [4.78, 5) is 18.0. The van der Waals surface area contributed by atoms with Crippen molar-refractivity contribution in [3.63, 3.8) is 0 Å². The minimum Gasteiger partial charge on any atom is -0.299 e. The average Bonchev–Trinajstić information content (AvgIpc) is 2.69. The molecule has 0 aromatic rings. The molecule has 0 aromatic carbocycles. The number of carbonyl (C=O) groups is 1. The van der Waals surface area contributed by atoms with Gasteiger partial charge in [0.05, 0.1) is 12.0 Å². The standard InChI is InChI=1S/C15H21NO2/c1-16-12(10-11-6-3-2-4-7-11)15-13(17)8-5-9-14(15)18-16/h2-4,6,11-12,14-15H,5,7-10H2,1H3. The number of nitrogens with zero attached hydrogens (tertiary/aromatic N) is 1. The predicted molar refractivity (Wildman–Crippen MR) is 69.8 cm³/mol. The van der Waals surface area contributed by atoms with Gasteiger partial charge >= 0.3 is 0 Å². The molecule has 98 valence electrons. The summed E-state index contributed by atoms with van der Waals surface area (Å²) in [6.07, 6.45) is 13.7. The molecule has 18 heavy (non-hydrogen) atoms. The van der Waals surface area contributed by atoms with Gasteiger partial charge < -0.3 is 0 Å². The molecule has 1 aliphatic heterocycles. The third-order valence-electron chi connectivity index (χ3n) is 4.48. The van der Waals surface area contributed by atoms with Crippen LogP contribution in [-0.4, -0.2) is 30.0 Å². The lowest BCUT2D eigenvalue weighted by Crippen LogP contribution is -2.38. The maximum atomic E-state index is 12.1. The van der Waals surface area contributed by atoms with Gasteiger partial charge in [0.1, 0.15) is 5.78 Å². The van der Waals surface area contributed by atoms with Gasteiger partial charge in [-0.25, -0.2) is 0 Å². The van der Waals surface area contributed by atoms with Gasteiger partial charge in [-0.3, -0.25) is 9.63 Å². The van der Waals surface area contributed by atoms with Crippen molar-refractivity contribution in [3.8, 4) is 0 Å². The second-order valence-electron chi connectivity index (χ2n) is 5.69. The fraction of sp³-hybridized carbons (Fsp3) is 0.667. The van der Waals surface area contributed by atoms with E-state index in [1.54, 1.807) is 0 Å². The molecule has 1 heterocycles. The summed E-state index contributed by atoms with van der Waals surface area (Å²) in [5.74, 6) is 1.08. The molecule has 3 rings (SSSR count). The van der Waals surface area contributed by atoms with Gasteiger partial charge in [-0.05, 0) is 31.6 Å². The number of hydroxylamine groups is 2. The highest BCUT2D eigenvalue weighted by Gasteiger charge is 2.47. The van der Waals surface area contributed by atoms with Crippen LogP contribution >= 0.6 is 0 Å². The number of hydrogen-bond donors (Lipinski definition) is 0. The summed E-state index contributed by atoms with van der Waals surface area (Å²) < 4.78 is 0. The van der Waals surface area contributed by atoms with Crippen molar-refractivity contribution in [2.24, 2.45) is 11.8 Å². The van der Waals surface area contributed by atoms with E-state index >= 15 is 0 Å². The monoisotopic (exact) mass is 247 g/mol. The fourth-order valence-corrected chi connectivity index (χ4v) is 3.54. The molecule has 0 amide bonds. The number of allylic oxidation sites excluding steroid dienone is 4. The van der Waals surface area contributed by atoms with E-state index in [0.29, 0.717) is 11.7 Å². The fourth-order valence-electron chi connectivity index (χ4n) is 3.54. The molecule has 3 nitrogen and oxygen atoms in total. The highest BCUT2D eigenvalue weighted by molar-refractivity contribution is 5.83. The third kappa shape index (κ3) is 2.17. The Bertz CT molecular complexity index is 388. The van der Waals surface area contributed by atoms with E-state index in [-0.39, 0.29) is 18.1 Å². The molecular formula is C15H21NO2. The van der Waals surface area contributed by atoms with Crippen LogP contribution in [0.3, 0.4) is 0 Å². The summed E-state index contributed by atoms with van der Waals surface area (Å²) in [5.41, 5.74) is 0. The largest absolute Gasteiger partial charge is 0.299 e. The summed E-state index contributed by atoms with van der Waals surface area (Å²) in [6.45, 7) is 0. The number of carbonyl (C=O) groups excluding carboxylic acids is 1. The Balaban J connectivity index is 1.71. The number of rotatable bonds is 2. The van der Waals surface area contributed by atoms with Crippen LogP contribution in [0.5, 0.6) is 0 Å². The molecule has 3 heteroatoms. The molecule has 4 atom stereocenters. The maximum absolute atomic E-state index is 12.1.